The molecule has 0 unspecified atom stereocenters. The molecule has 15 heteroatoms. The van der Waals surface area contributed by atoms with Crippen LogP contribution in [0.4, 0.5) is 23.5 Å². The van der Waals surface area contributed by atoms with E-state index >= 15 is 4.39 Å². The van der Waals surface area contributed by atoms with Gasteiger partial charge in [-0.2, -0.15) is 18.3 Å². The molecule has 0 fully saturated rings. The largest absolute Gasteiger partial charge is 0.492 e. The molecule has 0 atom stereocenters. The predicted molar refractivity (Wildman–Crippen MR) is 178 cm³/mol. The van der Waals surface area contributed by atoms with E-state index in [0.717, 1.165) is 40.5 Å². The highest BCUT2D eigenvalue weighted by molar-refractivity contribution is 7.52. The Labute approximate surface area is 281 Å². The van der Waals surface area contributed by atoms with Crippen LogP contribution < -0.4 is 9.64 Å². The fraction of sp³-hybridized carbons (Fsp3) is 0.382. The SMILES string of the molecule is CCOP(=O)(OCC)n1ccc2c(-c3c4c(nn3-c3c(CC)cccc3CC)CCN(c3ncc(C(F)(F)F)cn3)C4)cc(F)c(OC)c21. The van der Waals surface area contributed by atoms with Gasteiger partial charge in [0.05, 0.1) is 43.0 Å². The lowest BCUT2D eigenvalue weighted by atomic mass is 9.97. The molecule has 1 aliphatic rings. The highest BCUT2D eigenvalue weighted by atomic mass is 31.2. The first-order valence-corrected chi connectivity index (χ1v) is 17.6. The van der Waals surface area contributed by atoms with Crippen LogP contribution in [-0.2, 0) is 45.6 Å². The van der Waals surface area contributed by atoms with Crippen LogP contribution >= 0.6 is 7.75 Å². The Bertz CT molecular complexity index is 2010. The molecule has 0 bridgehead atoms. The van der Waals surface area contributed by atoms with Crippen molar-refractivity contribution in [1.82, 2.24) is 24.1 Å². The number of aryl methyl sites for hydroxylation is 2. The molecule has 260 valence electrons. The van der Waals surface area contributed by atoms with E-state index in [1.165, 1.54) is 23.7 Å². The van der Waals surface area contributed by atoms with E-state index in [-0.39, 0.29) is 37.0 Å². The van der Waals surface area contributed by atoms with E-state index in [1.54, 1.807) is 24.8 Å². The normalized spacial score (nSPS) is 13.7. The molecule has 0 saturated heterocycles. The molecule has 2 aromatic carbocycles. The molecule has 5 aromatic rings. The number of ether oxygens (including phenoxy) is 1. The fourth-order valence-electron chi connectivity index (χ4n) is 6.43. The zero-order valence-electron chi connectivity index (χ0n) is 27.8. The molecule has 49 heavy (non-hydrogen) atoms. The molecule has 0 saturated carbocycles. The Hall–Kier alpha value is -4.26. The lowest BCUT2D eigenvalue weighted by Crippen LogP contribution is -2.31. The smallest absolute Gasteiger partial charge is 0.439 e. The Morgan fingerprint density at radius 2 is 1.63 bits per heavy atom. The van der Waals surface area contributed by atoms with Crippen LogP contribution in [0.3, 0.4) is 0 Å². The van der Waals surface area contributed by atoms with Crippen LogP contribution in [0.1, 0.15) is 55.6 Å². The van der Waals surface area contributed by atoms with Gasteiger partial charge in [-0.15, -0.1) is 0 Å². The van der Waals surface area contributed by atoms with E-state index in [9.17, 15) is 17.7 Å². The van der Waals surface area contributed by atoms with Crippen molar-refractivity contribution in [3.63, 3.8) is 0 Å². The van der Waals surface area contributed by atoms with Crippen molar-refractivity contribution in [2.45, 2.75) is 59.7 Å². The van der Waals surface area contributed by atoms with Gasteiger partial charge in [0.2, 0.25) is 5.95 Å². The molecule has 0 spiro atoms. The minimum Gasteiger partial charge on any atom is -0.492 e. The highest BCUT2D eigenvalue weighted by Crippen LogP contribution is 2.54. The van der Waals surface area contributed by atoms with E-state index < -0.39 is 25.3 Å². The topological polar surface area (TPSA) is 96.5 Å². The third kappa shape index (κ3) is 6.10. The molecule has 10 nitrogen and oxygen atoms in total. The number of nitrogens with zero attached hydrogens (tertiary/aromatic N) is 6. The summed E-state index contributed by atoms with van der Waals surface area (Å²) < 4.78 is 90.1. The Morgan fingerprint density at radius 1 is 0.980 bits per heavy atom. The maximum absolute atomic E-state index is 16.3. The molecule has 1 aliphatic heterocycles. The van der Waals surface area contributed by atoms with Gasteiger partial charge in [0.15, 0.2) is 11.6 Å². The van der Waals surface area contributed by atoms with Crippen LogP contribution in [-0.4, -0.2) is 51.0 Å². The minimum atomic E-state index is -4.57. The number of halogens is 4. The van der Waals surface area contributed by atoms with Crippen LogP contribution in [0.2, 0.25) is 0 Å². The summed E-state index contributed by atoms with van der Waals surface area (Å²) in [4.78, 5) is 9.87. The van der Waals surface area contributed by atoms with Crippen LogP contribution in [0.15, 0.2) is 48.9 Å². The van der Waals surface area contributed by atoms with Gasteiger partial charge < -0.3 is 9.64 Å². The monoisotopic (exact) mass is 700 g/mol. The second-order valence-electron chi connectivity index (χ2n) is 11.4. The average Bonchev–Trinajstić information content (AvgIpc) is 3.70. The number of para-hydroxylation sites is 1. The molecule has 0 amide bonds. The van der Waals surface area contributed by atoms with Gasteiger partial charge in [0.1, 0.15) is 5.52 Å². The molecular formula is C34H37F4N6O4P. The molecule has 3 aromatic heterocycles. The third-order valence-electron chi connectivity index (χ3n) is 8.63. The zero-order chi connectivity index (χ0) is 35.1. The van der Waals surface area contributed by atoms with E-state index in [2.05, 4.69) is 23.8 Å². The summed E-state index contributed by atoms with van der Waals surface area (Å²) >= 11 is 0. The summed E-state index contributed by atoms with van der Waals surface area (Å²) in [5, 5.41) is 5.63. The maximum Gasteiger partial charge on any atom is 0.439 e. The summed E-state index contributed by atoms with van der Waals surface area (Å²) in [6.45, 7) is 8.23. The maximum atomic E-state index is 16.3. The van der Waals surface area contributed by atoms with Gasteiger partial charge in [-0.3, -0.25) is 13.4 Å². The van der Waals surface area contributed by atoms with Gasteiger partial charge in [-0.05, 0) is 49.9 Å². The summed E-state index contributed by atoms with van der Waals surface area (Å²) in [5.41, 5.74) is 4.69. The summed E-state index contributed by atoms with van der Waals surface area (Å²) in [5.74, 6) is -0.706. The number of fused-ring (bicyclic) bond motifs is 2. The first kappa shape index (κ1) is 34.6. The molecule has 4 heterocycles. The predicted octanol–water partition coefficient (Wildman–Crippen LogP) is 8.17. The van der Waals surface area contributed by atoms with Gasteiger partial charge in [-0.1, -0.05) is 32.0 Å². The van der Waals surface area contributed by atoms with Crippen molar-refractivity contribution in [3.05, 3.63) is 82.7 Å². The number of anilines is 1. The Kier molecular flexibility index (Phi) is 9.58. The molecule has 0 aliphatic carbocycles. The van der Waals surface area contributed by atoms with Crippen molar-refractivity contribution < 1.29 is 35.9 Å². The van der Waals surface area contributed by atoms with Gasteiger partial charge in [0, 0.05) is 54.6 Å². The van der Waals surface area contributed by atoms with E-state index in [0.29, 0.717) is 42.5 Å². The minimum absolute atomic E-state index is 0.0805. The average molecular weight is 701 g/mol. The Morgan fingerprint density at radius 3 is 2.20 bits per heavy atom. The lowest BCUT2D eigenvalue weighted by Gasteiger charge is -2.27. The van der Waals surface area contributed by atoms with Crippen molar-refractivity contribution >= 4 is 24.6 Å². The van der Waals surface area contributed by atoms with E-state index in [1.807, 2.05) is 22.9 Å². The number of hydrogen-bond acceptors (Lipinski definition) is 8. The summed E-state index contributed by atoms with van der Waals surface area (Å²) in [7, 11) is -2.63. The van der Waals surface area contributed by atoms with Gasteiger partial charge in [-0.25, -0.2) is 23.6 Å². The quantitative estimate of drug-likeness (QED) is 0.101. The third-order valence-corrected chi connectivity index (χ3v) is 10.7. The molecular weight excluding hydrogens is 663 g/mol. The number of alkyl halides is 3. The van der Waals surface area contributed by atoms with Crippen molar-refractivity contribution in [2.24, 2.45) is 0 Å². The summed E-state index contributed by atoms with van der Waals surface area (Å²) in [6, 6.07) is 9.15. The highest BCUT2D eigenvalue weighted by Gasteiger charge is 2.35. The number of benzene rings is 2. The van der Waals surface area contributed by atoms with Gasteiger partial charge in [0.25, 0.3) is 0 Å². The molecule has 6 rings (SSSR count). The first-order valence-electron chi connectivity index (χ1n) is 16.1. The second kappa shape index (κ2) is 13.6. The number of methoxy groups -OCH3 is 1. The number of rotatable bonds is 11. The Balaban J connectivity index is 1.63. The van der Waals surface area contributed by atoms with Crippen molar-refractivity contribution in [2.75, 3.05) is 31.8 Å². The van der Waals surface area contributed by atoms with Crippen LogP contribution in [0.5, 0.6) is 5.75 Å². The van der Waals surface area contributed by atoms with E-state index in [4.69, 9.17) is 18.9 Å². The van der Waals surface area contributed by atoms with Crippen LogP contribution in [0, 0.1) is 5.82 Å². The van der Waals surface area contributed by atoms with Crippen LogP contribution in [0.25, 0.3) is 27.8 Å². The molecule has 0 N–H and O–H groups in total. The van der Waals surface area contributed by atoms with Crippen molar-refractivity contribution in [1.29, 1.82) is 0 Å². The first-order chi connectivity index (χ1) is 23.5. The second-order valence-corrected chi connectivity index (χ2v) is 13.3. The van der Waals surface area contributed by atoms with Gasteiger partial charge >= 0.3 is 13.9 Å². The molecule has 0 radical (unpaired) electrons. The summed E-state index contributed by atoms with van der Waals surface area (Å²) in [6.07, 6.45) is 0.346. The fourth-order valence-corrected chi connectivity index (χ4v) is 8.08. The van der Waals surface area contributed by atoms with Crippen molar-refractivity contribution in [3.8, 4) is 22.7 Å². The number of hydrogen-bond donors (Lipinski definition) is 0. The zero-order valence-corrected chi connectivity index (χ0v) is 28.7. The standard InChI is InChI=1S/C34H37F4N6O4P/c1-6-21-11-10-12-22(7-2)29(21)44-30(26-20-42(15-14-28(26)41-44)33-39-18-23(19-40-33)34(36,37)38)25-17-27(35)32(46-5)31-24(25)13-16-43(31)49(45,47-8-3)48-9-4/h10-13,16-19H,6-9,14-15,20H2,1-5H3. The lowest BCUT2D eigenvalue weighted by molar-refractivity contribution is -0.138. The number of aromatic nitrogens is 5.